The van der Waals surface area contributed by atoms with Crippen molar-refractivity contribution in [2.45, 2.75) is 33.3 Å². The Balaban J connectivity index is 2.74. The Kier molecular flexibility index (Phi) is 4.34. The van der Waals surface area contributed by atoms with Crippen LogP contribution in [0.4, 0.5) is 0 Å². The minimum absolute atomic E-state index is 0.266. The van der Waals surface area contributed by atoms with Crippen LogP contribution in [0.25, 0.3) is 11.5 Å². The summed E-state index contributed by atoms with van der Waals surface area (Å²) in [5.74, 6) is 1.16. The number of hydrogen-bond donors (Lipinski definition) is 0. The molecule has 4 heteroatoms. The highest BCUT2D eigenvalue weighted by Gasteiger charge is 2.16. The molecule has 1 aromatic heterocycles. The standard InChI is InChI=1S/C13H19NO2S/c1-7-15-10(3)12-14-11(8-17-12)9(2)16-13(4,5)6/h8H,2-3,7H2,1,4-6H3. The van der Waals surface area contributed by atoms with Gasteiger partial charge in [0, 0.05) is 5.38 Å². The van der Waals surface area contributed by atoms with Gasteiger partial charge < -0.3 is 9.47 Å². The highest BCUT2D eigenvalue weighted by Crippen LogP contribution is 2.25. The first-order chi connectivity index (χ1) is 7.83. The molecule has 0 unspecified atom stereocenters. The van der Waals surface area contributed by atoms with E-state index < -0.39 is 0 Å². The number of ether oxygens (including phenoxy) is 2. The Bertz CT molecular complexity index is 415. The molecule has 0 aromatic carbocycles. The molecule has 0 fully saturated rings. The molecule has 94 valence electrons. The Morgan fingerprint density at radius 2 is 2.00 bits per heavy atom. The third kappa shape index (κ3) is 4.23. The zero-order valence-corrected chi connectivity index (χ0v) is 11.7. The first-order valence-electron chi connectivity index (χ1n) is 5.49. The SMILES string of the molecule is C=C(OC(C)(C)C)c1csc(C(=C)OCC)n1. The lowest BCUT2D eigenvalue weighted by Gasteiger charge is -2.21. The van der Waals surface area contributed by atoms with E-state index in [1.807, 2.05) is 33.1 Å². The Morgan fingerprint density at radius 3 is 2.53 bits per heavy atom. The van der Waals surface area contributed by atoms with Crippen molar-refractivity contribution >= 4 is 22.9 Å². The van der Waals surface area contributed by atoms with Crippen molar-refractivity contribution in [3.63, 3.8) is 0 Å². The lowest BCUT2D eigenvalue weighted by Crippen LogP contribution is -2.17. The van der Waals surface area contributed by atoms with Crippen LogP contribution >= 0.6 is 11.3 Å². The first kappa shape index (κ1) is 13.8. The van der Waals surface area contributed by atoms with Crippen LogP contribution in [-0.4, -0.2) is 17.2 Å². The Morgan fingerprint density at radius 1 is 1.35 bits per heavy atom. The molecule has 0 N–H and O–H groups in total. The fourth-order valence-electron chi connectivity index (χ4n) is 1.19. The summed E-state index contributed by atoms with van der Waals surface area (Å²) in [6.45, 7) is 16.1. The van der Waals surface area contributed by atoms with Gasteiger partial charge in [-0.3, -0.25) is 0 Å². The molecule has 0 amide bonds. The first-order valence-corrected chi connectivity index (χ1v) is 6.37. The molecule has 0 spiro atoms. The lowest BCUT2D eigenvalue weighted by atomic mass is 10.2. The molecular formula is C13H19NO2S. The predicted molar refractivity (Wildman–Crippen MR) is 72.6 cm³/mol. The van der Waals surface area contributed by atoms with E-state index in [1.54, 1.807) is 0 Å². The van der Waals surface area contributed by atoms with Gasteiger partial charge >= 0.3 is 0 Å². The van der Waals surface area contributed by atoms with E-state index in [4.69, 9.17) is 9.47 Å². The van der Waals surface area contributed by atoms with Gasteiger partial charge in [0.25, 0.3) is 0 Å². The van der Waals surface area contributed by atoms with Crippen molar-refractivity contribution in [2.75, 3.05) is 6.61 Å². The van der Waals surface area contributed by atoms with Crippen LogP contribution in [0.5, 0.6) is 0 Å². The van der Waals surface area contributed by atoms with Crippen LogP contribution in [0.1, 0.15) is 38.4 Å². The molecule has 0 saturated heterocycles. The van der Waals surface area contributed by atoms with Crippen LogP contribution in [-0.2, 0) is 9.47 Å². The molecular weight excluding hydrogens is 234 g/mol. The van der Waals surface area contributed by atoms with Gasteiger partial charge in [-0.2, -0.15) is 0 Å². The number of thiazole rings is 1. The van der Waals surface area contributed by atoms with Crippen molar-refractivity contribution in [3.8, 4) is 0 Å². The van der Waals surface area contributed by atoms with Gasteiger partial charge in [0.1, 0.15) is 22.8 Å². The number of hydrogen-bond acceptors (Lipinski definition) is 4. The maximum atomic E-state index is 5.66. The zero-order chi connectivity index (χ0) is 13.1. The maximum Gasteiger partial charge on any atom is 0.158 e. The second kappa shape index (κ2) is 5.36. The fraction of sp³-hybridized carbons (Fsp3) is 0.462. The average molecular weight is 253 g/mol. The topological polar surface area (TPSA) is 31.4 Å². The molecule has 0 saturated carbocycles. The van der Waals surface area contributed by atoms with E-state index in [0.29, 0.717) is 18.1 Å². The molecule has 0 aliphatic rings. The largest absolute Gasteiger partial charge is 0.491 e. The van der Waals surface area contributed by atoms with Crippen LogP contribution < -0.4 is 0 Å². The van der Waals surface area contributed by atoms with Gasteiger partial charge in [0.05, 0.1) is 6.61 Å². The van der Waals surface area contributed by atoms with Gasteiger partial charge in [-0.1, -0.05) is 13.2 Å². The zero-order valence-electron chi connectivity index (χ0n) is 10.9. The maximum absolute atomic E-state index is 5.66. The van der Waals surface area contributed by atoms with E-state index in [2.05, 4.69) is 18.1 Å². The van der Waals surface area contributed by atoms with Crippen molar-refractivity contribution in [3.05, 3.63) is 29.2 Å². The van der Waals surface area contributed by atoms with E-state index >= 15 is 0 Å². The molecule has 0 radical (unpaired) electrons. The van der Waals surface area contributed by atoms with Crippen LogP contribution in [0, 0.1) is 0 Å². The molecule has 0 aliphatic heterocycles. The second-order valence-electron chi connectivity index (χ2n) is 4.53. The van der Waals surface area contributed by atoms with Gasteiger partial charge in [0.2, 0.25) is 0 Å². The second-order valence-corrected chi connectivity index (χ2v) is 5.39. The number of rotatable bonds is 5. The summed E-state index contributed by atoms with van der Waals surface area (Å²) >= 11 is 1.48. The molecule has 0 atom stereocenters. The van der Waals surface area contributed by atoms with Gasteiger partial charge in [-0.15, -0.1) is 11.3 Å². The highest BCUT2D eigenvalue weighted by atomic mass is 32.1. The number of aromatic nitrogens is 1. The van der Waals surface area contributed by atoms with Crippen molar-refractivity contribution in [2.24, 2.45) is 0 Å². The van der Waals surface area contributed by atoms with Crippen LogP contribution in [0.3, 0.4) is 0 Å². The van der Waals surface area contributed by atoms with Crippen molar-refractivity contribution in [1.82, 2.24) is 4.98 Å². The monoisotopic (exact) mass is 253 g/mol. The minimum atomic E-state index is -0.266. The normalized spacial score (nSPS) is 11.1. The van der Waals surface area contributed by atoms with Crippen LogP contribution in [0.15, 0.2) is 18.5 Å². The van der Waals surface area contributed by atoms with E-state index in [1.165, 1.54) is 11.3 Å². The quantitative estimate of drug-likeness (QED) is 0.745. The van der Waals surface area contributed by atoms with Crippen molar-refractivity contribution < 1.29 is 9.47 Å². The van der Waals surface area contributed by atoms with E-state index in [-0.39, 0.29) is 5.60 Å². The number of nitrogens with zero attached hydrogens (tertiary/aromatic N) is 1. The average Bonchev–Trinajstić information content (AvgIpc) is 2.63. The Labute approximate surface area is 107 Å². The third-order valence-corrected chi connectivity index (χ3v) is 2.66. The fourth-order valence-corrected chi connectivity index (χ4v) is 1.94. The summed E-state index contributed by atoms with van der Waals surface area (Å²) in [4.78, 5) is 4.38. The van der Waals surface area contributed by atoms with Crippen LogP contribution in [0.2, 0.25) is 0 Å². The van der Waals surface area contributed by atoms with Gasteiger partial charge in [-0.05, 0) is 27.7 Å². The summed E-state index contributed by atoms with van der Waals surface area (Å²) in [5, 5.41) is 2.66. The molecule has 1 aromatic rings. The summed E-state index contributed by atoms with van der Waals surface area (Å²) < 4.78 is 11.0. The van der Waals surface area contributed by atoms with E-state index in [0.717, 1.165) is 10.7 Å². The molecule has 0 aliphatic carbocycles. The molecule has 1 heterocycles. The molecule has 1 rings (SSSR count). The molecule has 17 heavy (non-hydrogen) atoms. The molecule has 3 nitrogen and oxygen atoms in total. The highest BCUT2D eigenvalue weighted by molar-refractivity contribution is 7.10. The smallest absolute Gasteiger partial charge is 0.158 e. The third-order valence-electron chi connectivity index (χ3n) is 1.78. The summed E-state index contributed by atoms with van der Waals surface area (Å²) in [5.41, 5.74) is 0.471. The Hall–Kier alpha value is -1.29. The van der Waals surface area contributed by atoms with Crippen molar-refractivity contribution in [1.29, 1.82) is 0 Å². The van der Waals surface area contributed by atoms with Gasteiger partial charge in [0.15, 0.2) is 5.01 Å². The van der Waals surface area contributed by atoms with E-state index in [9.17, 15) is 0 Å². The molecule has 0 bridgehead atoms. The summed E-state index contributed by atoms with van der Waals surface area (Å²) in [7, 11) is 0. The summed E-state index contributed by atoms with van der Waals surface area (Å²) in [6.07, 6.45) is 0. The lowest BCUT2D eigenvalue weighted by molar-refractivity contribution is 0.0971. The summed E-state index contributed by atoms with van der Waals surface area (Å²) in [6, 6.07) is 0. The van der Waals surface area contributed by atoms with Gasteiger partial charge in [-0.25, -0.2) is 4.98 Å². The predicted octanol–water partition coefficient (Wildman–Crippen LogP) is 3.94. The minimum Gasteiger partial charge on any atom is -0.491 e.